The molecule has 0 aromatic heterocycles. The Morgan fingerprint density at radius 1 is 1.24 bits per heavy atom. The molecule has 8 nitrogen and oxygen atoms in total. The standard InChI is InChI=1S/C22H27F3N4O4/c23-22(24,25)16-10-14(4-7-17(16)28-8-9-33-12-18(28)30)27-21(32)19(20(26)31)29(15-5-6-15)11-13-2-1-3-13/h4,7,10,13,15,19H,1-3,5-6,8-9,11-12H2,(H2,26,31)(H,27,32)/t19-/m0/s1. The van der Waals surface area contributed by atoms with Crippen LogP contribution in [0.15, 0.2) is 18.2 Å². The summed E-state index contributed by atoms with van der Waals surface area (Å²) < 4.78 is 46.4. The van der Waals surface area contributed by atoms with Crippen molar-refractivity contribution in [1.29, 1.82) is 0 Å². The van der Waals surface area contributed by atoms with Gasteiger partial charge >= 0.3 is 6.18 Å². The molecule has 180 valence electrons. The first-order valence-corrected chi connectivity index (χ1v) is 11.1. The van der Waals surface area contributed by atoms with E-state index >= 15 is 0 Å². The van der Waals surface area contributed by atoms with E-state index in [1.165, 1.54) is 6.07 Å². The molecule has 1 aromatic carbocycles. The van der Waals surface area contributed by atoms with Crippen molar-refractivity contribution in [2.75, 3.05) is 36.5 Å². The normalized spacial score (nSPS) is 20.5. The maximum atomic E-state index is 13.8. The summed E-state index contributed by atoms with van der Waals surface area (Å²) in [6.45, 7) is 0.389. The molecule has 3 amide bonds. The molecule has 3 N–H and O–H groups in total. The second-order valence-electron chi connectivity index (χ2n) is 8.85. The number of nitrogens with two attached hydrogens (primary N) is 1. The molecule has 0 spiro atoms. The van der Waals surface area contributed by atoms with Crippen molar-refractivity contribution in [1.82, 2.24) is 4.90 Å². The summed E-state index contributed by atoms with van der Waals surface area (Å²) in [6, 6.07) is 2.04. The second-order valence-corrected chi connectivity index (χ2v) is 8.85. The van der Waals surface area contributed by atoms with Crippen molar-refractivity contribution in [2.24, 2.45) is 11.7 Å². The van der Waals surface area contributed by atoms with Crippen LogP contribution in [0.5, 0.6) is 0 Å². The van der Waals surface area contributed by atoms with Gasteiger partial charge in [-0.15, -0.1) is 0 Å². The quantitative estimate of drug-likeness (QED) is 0.569. The number of benzene rings is 1. The van der Waals surface area contributed by atoms with Crippen LogP contribution in [-0.2, 0) is 25.3 Å². The molecule has 1 aliphatic heterocycles. The topological polar surface area (TPSA) is 105 Å². The minimum Gasteiger partial charge on any atom is -0.370 e. The number of primary amides is 1. The van der Waals surface area contributed by atoms with E-state index in [0.29, 0.717) is 12.5 Å². The van der Waals surface area contributed by atoms with Crippen LogP contribution in [0, 0.1) is 5.92 Å². The summed E-state index contributed by atoms with van der Waals surface area (Å²) in [5.74, 6) is -1.77. The SMILES string of the molecule is NC(=O)[C@@H](C(=O)Nc1ccc(N2CCOCC2=O)c(C(F)(F)F)c1)N(CC1CCC1)C1CC1. The number of carbonyl (C=O) groups is 3. The molecule has 2 aliphatic carbocycles. The highest BCUT2D eigenvalue weighted by atomic mass is 19.4. The van der Waals surface area contributed by atoms with Crippen molar-refractivity contribution in [3.8, 4) is 0 Å². The number of anilines is 2. The third kappa shape index (κ3) is 5.30. The Balaban J connectivity index is 1.57. The molecule has 33 heavy (non-hydrogen) atoms. The molecule has 0 radical (unpaired) electrons. The average molecular weight is 468 g/mol. The number of hydrogen-bond donors (Lipinski definition) is 2. The van der Waals surface area contributed by atoms with Gasteiger partial charge in [-0.25, -0.2) is 0 Å². The number of amides is 3. The molecule has 1 saturated heterocycles. The monoisotopic (exact) mass is 468 g/mol. The first kappa shape index (κ1) is 23.5. The highest BCUT2D eigenvalue weighted by Crippen LogP contribution is 2.39. The number of halogens is 3. The lowest BCUT2D eigenvalue weighted by molar-refractivity contribution is -0.138. The highest BCUT2D eigenvalue weighted by Gasteiger charge is 2.42. The van der Waals surface area contributed by atoms with Crippen LogP contribution < -0.4 is 16.0 Å². The Kier molecular flexibility index (Phi) is 6.62. The maximum Gasteiger partial charge on any atom is 0.418 e. The highest BCUT2D eigenvalue weighted by molar-refractivity contribution is 6.09. The zero-order chi connectivity index (χ0) is 23.8. The van der Waals surface area contributed by atoms with Crippen molar-refractivity contribution >= 4 is 29.1 Å². The molecule has 3 fully saturated rings. The molecule has 1 heterocycles. The van der Waals surface area contributed by atoms with Crippen LogP contribution in [0.2, 0.25) is 0 Å². The second kappa shape index (κ2) is 9.30. The zero-order valence-electron chi connectivity index (χ0n) is 18.1. The van der Waals surface area contributed by atoms with Crippen molar-refractivity contribution in [3.05, 3.63) is 23.8 Å². The number of carbonyl (C=O) groups excluding carboxylic acids is 3. The number of rotatable bonds is 8. The van der Waals surface area contributed by atoms with E-state index in [2.05, 4.69) is 5.32 Å². The number of nitrogens with zero attached hydrogens (tertiary/aromatic N) is 2. The fourth-order valence-electron chi connectivity index (χ4n) is 4.35. The number of alkyl halides is 3. The smallest absolute Gasteiger partial charge is 0.370 e. The lowest BCUT2D eigenvalue weighted by atomic mass is 9.84. The first-order chi connectivity index (χ1) is 15.6. The van der Waals surface area contributed by atoms with Gasteiger partial charge < -0.3 is 20.7 Å². The maximum absolute atomic E-state index is 13.8. The number of nitrogens with one attached hydrogen (secondary N) is 1. The minimum absolute atomic E-state index is 0.00508. The molecular weight excluding hydrogens is 441 g/mol. The third-order valence-electron chi connectivity index (χ3n) is 6.41. The fourth-order valence-corrected chi connectivity index (χ4v) is 4.35. The summed E-state index contributed by atoms with van der Waals surface area (Å²) >= 11 is 0. The van der Waals surface area contributed by atoms with Gasteiger partial charge in [-0.2, -0.15) is 13.2 Å². The van der Waals surface area contributed by atoms with Gasteiger partial charge in [-0.3, -0.25) is 19.3 Å². The Hall–Kier alpha value is -2.66. The molecule has 1 atom stereocenters. The molecule has 1 aromatic rings. The van der Waals surface area contributed by atoms with E-state index in [1.54, 1.807) is 4.90 Å². The molecule has 4 rings (SSSR count). The van der Waals surface area contributed by atoms with Crippen molar-refractivity contribution in [2.45, 2.75) is 50.4 Å². The Morgan fingerprint density at radius 2 is 1.97 bits per heavy atom. The minimum atomic E-state index is -4.76. The van der Waals surface area contributed by atoms with E-state index < -0.39 is 35.5 Å². The van der Waals surface area contributed by atoms with E-state index in [0.717, 1.165) is 49.1 Å². The van der Waals surface area contributed by atoms with Crippen LogP contribution in [0.1, 0.15) is 37.7 Å². The summed E-state index contributed by atoms with van der Waals surface area (Å²) in [5.41, 5.74) is 4.07. The zero-order valence-corrected chi connectivity index (χ0v) is 18.1. The largest absolute Gasteiger partial charge is 0.418 e. The van der Waals surface area contributed by atoms with Gasteiger partial charge in [-0.1, -0.05) is 6.42 Å². The summed E-state index contributed by atoms with van der Waals surface area (Å²) in [6.07, 6.45) is 0.0887. The van der Waals surface area contributed by atoms with Crippen LogP contribution in [0.3, 0.4) is 0 Å². The molecule has 11 heteroatoms. The van der Waals surface area contributed by atoms with Gasteiger partial charge in [0, 0.05) is 24.8 Å². The summed E-state index contributed by atoms with van der Waals surface area (Å²) in [7, 11) is 0. The van der Waals surface area contributed by atoms with Gasteiger partial charge in [-0.05, 0) is 49.8 Å². The number of hydrogen-bond acceptors (Lipinski definition) is 5. The van der Waals surface area contributed by atoms with E-state index in [9.17, 15) is 27.6 Å². The van der Waals surface area contributed by atoms with Gasteiger partial charge in [0.05, 0.1) is 17.9 Å². The molecular formula is C22H27F3N4O4. The molecule has 2 saturated carbocycles. The lowest BCUT2D eigenvalue weighted by Gasteiger charge is -2.35. The van der Waals surface area contributed by atoms with E-state index in [1.807, 2.05) is 0 Å². The first-order valence-electron chi connectivity index (χ1n) is 11.1. The van der Waals surface area contributed by atoms with Gasteiger partial charge in [0.15, 0.2) is 6.04 Å². The van der Waals surface area contributed by atoms with Gasteiger partial charge in [0.25, 0.3) is 11.8 Å². The predicted molar refractivity (Wildman–Crippen MR) is 113 cm³/mol. The fraction of sp³-hybridized carbons (Fsp3) is 0.591. The average Bonchev–Trinajstić information content (AvgIpc) is 3.54. The van der Waals surface area contributed by atoms with Crippen LogP contribution in [0.25, 0.3) is 0 Å². The molecule has 0 bridgehead atoms. The van der Waals surface area contributed by atoms with Crippen LogP contribution in [0.4, 0.5) is 24.5 Å². The Morgan fingerprint density at radius 3 is 2.52 bits per heavy atom. The predicted octanol–water partition coefficient (Wildman–Crippen LogP) is 2.13. The number of ether oxygens (including phenoxy) is 1. The van der Waals surface area contributed by atoms with Gasteiger partial charge in [0.1, 0.15) is 6.61 Å². The van der Waals surface area contributed by atoms with Crippen LogP contribution >= 0.6 is 0 Å². The molecule has 0 unspecified atom stereocenters. The number of morpholine rings is 1. The van der Waals surface area contributed by atoms with E-state index in [-0.39, 0.29) is 37.2 Å². The summed E-state index contributed by atoms with van der Waals surface area (Å²) in [4.78, 5) is 40.1. The molecule has 3 aliphatic rings. The Labute approximate surface area is 189 Å². The van der Waals surface area contributed by atoms with Crippen molar-refractivity contribution < 1.29 is 32.3 Å². The Bertz CT molecular complexity index is 931. The summed E-state index contributed by atoms with van der Waals surface area (Å²) in [5, 5.41) is 2.44. The lowest BCUT2D eigenvalue weighted by Crippen LogP contribution is -2.54. The van der Waals surface area contributed by atoms with Crippen molar-refractivity contribution in [3.63, 3.8) is 0 Å². The third-order valence-corrected chi connectivity index (χ3v) is 6.41. The van der Waals surface area contributed by atoms with Crippen LogP contribution in [-0.4, -0.2) is 61.0 Å². The van der Waals surface area contributed by atoms with Gasteiger partial charge in [0.2, 0.25) is 5.91 Å². The van der Waals surface area contributed by atoms with E-state index in [4.69, 9.17) is 10.5 Å².